The van der Waals surface area contributed by atoms with Gasteiger partial charge in [-0.05, 0) is 59.9 Å². The molecule has 0 saturated heterocycles. The van der Waals surface area contributed by atoms with Crippen LogP contribution in [-0.2, 0) is 29.4 Å². The van der Waals surface area contributed by atoms with E-state index in [0.717, 1.165) is 41.5 Å². The van der Waals surface area contributed by atoms with Crippen molar-refractivity contribution in [2.75, 3.05) is 11.3 Å². The zero-order valence-electron chi connectivity index (χ0n) is 22.2. The first-order chi connectivity index (χ1) is 19.6. The second-order valence-electron chi connectivity index (χ2n) is 9.45. The molecule has 2 atom stereocenters. The normalized spacial score (nSPS) is 13.0. The molecule has 0 bridgehead atoms. The number of rotatable bonds is 13. The Morgan fingerprint density at radius 2 is 1.73 bits per heavy atom. The highest BCUT2D eigenvalue weighted by molar-refractivity contribution is 7.92. The van der Waals surface area contributed by atoms with Gasteiger partial charge in [0.15, 0.2) is 5.03 Å². The van der Waals surface area contributed by atoms with E-state index in [1.807, 2.05) is 18.2 Å². The average Bonchev–Trinajstić information content (AvgIpc) is 3.49. The number of aliphatic hydroxyl groups is 1. The van der Waals surface area contributed by atoms with Crippen LogP contribution in [0.3, 0.4) is 0 Å². The summed E-state index contributed by atoms with van der Waals surface area (Å²) < 4.78 is 55.2. The zero-order valence-corrected chi connectivity index (χ0v) is 23.8. The Kier molecular flexibility index (Phi) is 10.2. The second-order valence-corrected chi connectivity index (χ2v) is 11.8. The first kappa shape index (κ1) is 30.3. The number of halogens is 2. The standard InChI is InChI=1S/C29H30F2N4O4S2/c1-2-19-5-3-6-20(9-19)15-32-16-27(36)26(12-21-10-23(30)14-24(31)11-21)34-29(37)22-7-4-8-25(13-22)35-41(38,39)28-17-40-18-33-28/h3-11,13-14,17-18,26-27,32,35-36H,2,12,15-16H2,1H3,(H,34,37). The van der Waals surface area contributed by atoms with Crippen LogP contribution in [0.15, 0.2) is 82.6 Å². The molecule has 0 aliphatic carbocycles. The lowest BCUT2D eigenvalue weighted by atomic mass is 10.00. The van der Waals surface area contributed by atoms with Crippen LogP contribution in [0.5, 0.6) is 0 Å². The Morgan fingerprint density at radius 1 is 1.00 bits per heavy atom. The molecule has 4 N–H and O–H groups in total. The third kappa shape index (κ3) is 8.64. The van der Waals surface area contributed by atoms with E-state index in [-0.39, 0.29) is 34.8 Å². The number of aliphatic hydroxyl groups excluding tert-OH is 1. The van der Waals surface area contributed by atoms with E-state index >= 15 is 0 Å². The van der Waals surface area contributed by atoms with Gasteiger partial charge in [-0.15, -0.1) is 11.3 Å². The summed E-state index contributed by atoms with van der Waals surface area (Å²) in [4.78, 5) is 17.0. The van der Waals surface area contributed by atoms with Gasteiger partial charge in [0, 0.05) is 35.8 Å². The van der Waals surface area contributed by atoms with Crippen molar-refractivity contribution in [2.24, 2.45) is 0 Å². The van der Waals surface area contributed by atoms with Crippen molar-refractivity contribution in [3.8, 4) is 0 Å². The maximum absolute atomic E-state index is 13.9. The van der Waals surface area contributed by atoms with Crippen molar-refractivity contribution in [2.45, 2.75) is 43.5 Å². The molecule has 0 radical (unpaired) electrons. The van der Waals surface area contributed by atoms with Crippen molar-refractivity contribution < 1.29 is 27.1 Å². The molecule has 1 heterocycles. The van der Waals surface area contributed by atoms with Gasteiger partial charge in [-0.3, -0.25) is 9.52 Å². The zero-order chi connectivity index (χ0) is 29.4. The molecule has 12 heteroatoms. The van der Waals surface area contributed by atoms with E-state index in [1.165, 1.54) is 40.7 Å². The SMILES string of the molecule is CCc1cccc(CNCC(O)C(Cc2cc(F)cc(F)c2)NC(=O)c2cccc(NS(=O)(=O)c3cscn3)c2)c1. The number of aryl methyl sites for hydroxylation is 1. The van der Waals surface area contributed by atoms with Gasteiger partial charge in [-0.2, -0.15) is 8.42 Å². The highest BCUT2D eigenvalue weighted by Crippen LogP contribution is 2.18. The molecule has 1 amide bonds. The van der Waals surface area contributed by atoms with Crippen LogP contribution in [0.1, 0.15) is 34.0 Å². The maximum Gasteiger partial charge on any atom is 0.280 e. The Hall–Kier alpha value is -3.71. The monoisotopic (exact) mass is 600 g/mol. The van der Waals surface area contributed by atoms with Gasteiger partial charge in [0.25, 0.3) is 15.9 Å². The fourth-order valence-corrected chi connectivity index (χ4v) is 6.14. The number of hydrogen-bond donors (Lipinski definition) is 4. The molecule has 41 heavy (non-hydrogen) atoms. The number of aromatic nitrogens is 1. The minimum absolute atomic E-state index is 0.0509. The average molecular weight is 601 g/mol. The lowest BCUT2D eigenvalue weighted by molar-refractivity contribution is 0.0830. The Bertz CT molecular complexity index is 1560. The molecule has 0 spiro atoms. The summed E-state index contributed by atoms with van der Waals surface area (Å²) in [5.41, 5.74) is 4.13. The van der Waals surface area contributed by atoms with E-state index in [9.17, 15) is 27.1 Å². The summed E-state index contributed by atoms with van der Waals surface area (Å²) in [6.45, 7) is 2.62. The van der Waals surface area contributed by atoms with Gasteiger partial charge < -0.3 is 15.7 Å². The summed E-state index contributed by atoms with van der Waals surface area (Å²) >= 11 is 1.13. The van der Waals surface area contributed by atoms with Crippen LogP contribution in [0.2, 0.25) is 0 Å². The number of nitrogens with zero attached hydrogens (tertiary/aromatic N) is 1. The lowest BCUT2D eigenvalue weighted by Crippen LogP contribution is -2.48. The highest BCUT2D eigenvalue weighted by Gasteiger charge is 2.24. The number of sulfonamides is 1. The predicted octanol–water partition coefficient (Wildman–Crippen LogP) is 4.28. The summed E-state index contributed by atoms with van der Waals surface area (Å²) in [6, 6.07) is 16.0. The summed E-state index contributed by atoms with van der Waals surface area (Å²) in [5, 5.41) is 18.2. The van der Waals surface area contributed by atoms with Crippen LogP contribution in [0.25, 0.3) is 0 Å². The molecule has 0 saturated carbocycles. The minimum Gasteiger partial charge on any atom is -0.390 e. The van der Waals surface area contributed by atoms with Crippen molar-refractivity contribution in [1.82, 2.24) is 15.6 Å². The second kappa shape index (κ2) is 13.8. The Labute approximate surface area is 241 Å². The van der Waals surface area contributed by atoms with Gasteiger partial charge in [0.2, 0.25) is 0 Å². The van der Waals surface area contributed by atoms with Gasteiger partial charge >= 0.3 is 0 Å². The first-order valence-electron chi connectivity index (χ1n) is 12.9. The number of anilines is 1. The maximum atomic E-state index is 13.9. The molecule has 216 valence electrons. The summed E-state index contributed by atoms with van der Waals surface area (Å²) in [5.74, 6) is -2.14. The quantitative estimate of drug-likeness (QED) is 0.182. The molecule has 4 rings (SSSR count). The number of benzene rings is 3. The molecular formula is C29H30F2N4O4S2. The number of hydrogen-bond acceptors (Lipinski definition) is 7. The molecule has 0 aliphatic heterocycles. The third-order valence-electron chi connectivity index (χ3n) is 6.30. The summed E-state index contributed by atoms with van der Waals surface area (Å²) in [7, 11) is -3.94. The van der Waals surface area contributed by atoms with Gasteiger partial charge in [-0.1, -0.05) is 37.3 Å². The van der Waals surface area contributed by atoms with Crippen LogP contribution >= 0.6 is 11.3 Å². The van der Waals surface area contributed by atoms with Crippen LogP contribution in [0.4, 0.5) is 14.5 Å². The lowest BCUT2D eigenvalue weighted by Gasteiger charge is -2.25. The fourth-order valence-electron chi connectivity index (χ4n) is 4.25. The molecule has 1 aromatic heterocycles. The molecule has 4 aromatic rings. The fraction of sp³-hybridized carbons (Fsp3) is 0.241. The van der Waals surface area contributed by atoms with Gasteiger partial charge in [-0.25, -0.2) is 13.8 Å². The number of nitrogens with one attached hydrogen (secondary N) is 3. The molecule has 2 unspecified atom stereocenters. The predicted molar refractivity (Wildman–Crippen MR) is 154 cm³/mol. The van der Waals surface area contributed by atoms with Crippen LogP contribution < -0.4 is 15.4 Å². The van der Waals surface area contributed by atoms with Crippen molar-refractivity contribution >= 4 is 33.0 Å². The van der Waals surface area contributed by atoms with Crippen molar-refractivity contribution in [3.63, 3.8) is 0 Å². The van der Waals surface area contributed by atoms with E-state index in [4.69, 9.17) is 0 Å². The van der Waals surface area contributed by atoms with Crippen molar-refractivity contribution in [3.05, 3.63) is 112 Å². The minimum atomic E-state index is -3.94. The first-order valence-corrected chi connectivity index (χ1v) is 15.3. The van der Waals surface area contributed by atoms with Crippen LogP contribution in [-0.4, -0.2) is 43.1 Å². The van der Waals surface area contributed by atoms with Gasteiger partial charge in [0.05, 0.1) is 17.7 Å². The van der Waals surface area contributed by atoms with Crippen LogP contribution in [0, 0.1) is 11.6 Å². The van der Waals surface area contributed by atoms with E-state index in [2.05, 4.69) is 33.3 Å². The Balaban J connectivity index is 1.48. The number of carbonyl (C=O) groups is 1. The molecule has 0 aliphatic rings. The smallest absolute Gasteiger partial charge is 0.280 e. The third-order valence-corrected chi connectivity index (χ3v) is 8.32. The van der Waals surface area contributed by atoms with Gasteiger partial charge in [0.1, 0.15) is 11.6 Å². The number of carbonyl (C=O) groups excluding carboxylic acids is 1. The number of thiazole rings is 1. The van der Waals surface area contributed by atoms with E-state index < -0.39 is 39.7 Å². The molecular weight excluding hydrogens is 570 g/mol. The van der Waals surface area contributed by atoms with E-state index in [0.29, 0.717) is 6.54 Å². The summed E-state index contributed by atoms with van der Waals surface area (Å²) in [6.07, 6.45) is -0.279. The Morgan fingerprint density at radius 3 is 2.44 bits per heavy atom. The number of amides is 1. The van der Waals surface area contributed by atoms with Crippen molar-refractivity contribution in [1.29, 1.82) is 0 Å². The molecule has 0 fully saturated rings. The largest absolute Gasteiger partial charge is 0.390 e. The molecule has 8 nitrogen and oxygen atoms in total. The molecule has 3 aromatic carbocycles. The van der Waals surface area contributed by atoms with E-state index in [1.54, 1.807) is 0 Å². The topological polar surface area (TPSA) is 120 Å². The highest BCUT2D eigenvalue weighted by atomic mass is 32.2.